The molecule has 2 heterocycles. The number of hydrogen-bond donors (Lipinski definition) is 4. The molecule has 1 aliphatic carbocycles. The molecule has 3 amide bonds. The van der Waals surface area contributed by atoms with Crippen molar-refractivity contribution < 1.29 is 38.6 Å². The monoisotopic (exact) mass is 588 g/mol. The van der Waals surface area contributed by atoms with E-state index in [2.05, 4.69) is 10.3 Å². The van der Waals surface area contributed by atoms with Crippen molar-refractivity contribution in [3.63, 3.8) is 0 Å². The molecule has 13 heteroatoms. The van der Waals surface area contributed by atoms with Crippen molar-refractivity contribution in [1.82, 2.24) is 20.1 Å². The molecule has 0 radical (unpaired) electrons. The SMILES string of the molecule is CCCCOC(=O)N1CCN(C(=O)C(CP(=O)(O)O)NC(=O)c2cc([C@H]3C[C@@H]3CO)cc(-c3ccccc3)n2)CC1. The number of nitrogens with zero attached hydrogens (tertiary/aromatic N) is 3. The topological polar surface area (TPSA) is 170 Å². The van der Waals surface area contributed by atoms with Crippen molar-refractivity contribution in [3.8, 4) is 11.3 Å². The van der Waals surface area contributed by atoms with Crippen LogP contribution in [0.1, 0.15) is 48.2 Å². The molecular weight excluding hydrogens is 551 g/mol. The molecule has 1 unspecified atom stereocenters. The van der Waals surface area contributed by atoms with Crippen LogP contribution in [0.5, 0.6) is 0 Å². The lowest BCUT2D eigenvalue weighted by Gasteiger charge is -2.36. The molecule has 2 aromatic rings. The quantitative estimate of drug-likeness (QED) is 0.227. The summed E-state index contributed by atoms with van der Waals surface area (Å²) < 4.78 is 17.2. The van der Waals surface area contributed by atoms with Crippen LogP contribution in [-0.2, 0) is 14.1 Å². The van der Waals surface area contributed by atoms with Gasteiger partial charge in [0.1, 0.15) is 11.7 Å². The van der Waals surface area contributed by atoms with Gasteiger partial charge in [0, 0.05) is 38.3 Å². The normalized spacial score (nSPS) is 19.4. The molecule has 1 aromatic carbocycles. The van der Waals surface area contributed by atoms with E-state index >= 15 is 0 Å². The zero-order valence-corrected chi connectivity index (χ0v) is 23.9. The minimum atomic E-state index is -4.70. The third-order valence-corrected chi connectivity index (χ3v) is 8.17. The fraction of sp³-hybridized carbons (Fsp3) is 0.500. The van der Waals surface area contributed by atoms with E-state index in [0.29, 0.717) is 12.3 Å². The molecule has 2 fully saturated rings. The molecule has 1 aliphatic heterocycles. The van der Waals surface area contributed by atoms with E-state index in [0.717, 1.165) is 30.4 Å². The number of carbonyl (C=O) groups excluding carboxylic acids is 3. The summed E-state index contributed by atoms with van der Waals surface area (Å²) in [5.41, 5.74) is 2.14. The van der Waals surface area contributed by atoms with Crippen LogP contribution in [0.3, 0.4) is 0 Å². The van der Waals surface area contributed by atoms with Crippen LogP contribution in [-0.4, -0.2) is 99.2 Å². The third kappa shape index (κ3) is 8.36. The lowest BCUT2D eigenvalue weighted by molar-refractivity contribution is -0.134. The number of ether oxygens (including phenoxy) is 1. The van der Waals surface area contributed by atoms with Crippen molar-refractivity contribution in [3.05, 3.63) is 53.7 Å². The number of aliphatic hydroxyl groups excluding tert-OH is 1. The first-order valence-electron chi connectivity index (χ1n) is 13.8. The highest BCUT2D eigenvalue weighted by atomic mass is 31.2. The fourth-order valence-corrected chi connectivity index (χ4v) is 5.60. The van der Waals surface area contributed by atoms with Crippen LogP contribution in [0.2, 0.25) is 0 Å². The molecule has 3 atom stereocenters. The Morgan fingerprint density at radius 3 is 2.39 bits per heavy atom. The number of aliphatic hydroxyl groups is 1. The highest BCUT2D eigenvalue weighted by molar-refractivity contribution is 7.51. The average molecular weight is 589 g/mol. The Bertz CT molecular complexity index is 1280. The summed E-state index contributed by atoms with van der Waals surface area (Å²) in [6.07, 6.45) is 1.07. The van der Waals surface area contributed by atoms with Crippen LogP contribution >= 0.6 is 7.60 Å². The Morgan fingerprint density at radius 2 is 1.78 bits per heavy atom. The minimum absolute atomic E-state index is 0.00750. The highest BCUT2D eigenvalue weighted by Crippen LogP contribution is 2.47. The third-order valence-electron chi connectivity index (χ3n) is 7.33. The average Bonchev–Trinajstić information content (AvgIpc) is 3.76. The number of benzene rings is 1. The summed E-state index contributed by atoms with van der Waals surface area (Å²) in [7, 11) is -4.70. The molecule has 4 N–H and O–H groups in total. The first-order valence-corrected chi connectivity index (χ1v) is 15.6. The van der Waals surface area contributed by atoms with Crippen LogP contribution in [0, 0.1) is 5.92 Å². The van der Waals surface area contributed by atoms with Gasteiger partial charge in [-0.05, 0) is 42.4 Å². The smallest absolute Gasteiger partial charge is 0.409 e. The van der Waals surface area contributed by atoms with Crippen molar-refractivity contribution in [2.75, 3.05) is 45.6 Å². The van der Waals surface area contributed by atoms with E-state index in [1.165, 1.54) is 9.80 Å². The van der Waals surface area contributed by atoms with E-state index in [1.54, 1.807) is 6.07 Å². The number of aromatic nitrogens is 1. The van der Waals surface area contributed by atoms with E-state index in [-0.39, 0.29) is 50.3 Å². The summed E-state index contributed by atoms with van der Waals surface area (Å²) in [6, 6.07) is 11.2. The fourth-order valence-electron chi connectivity index (χ4n) is 4.88. The van der Waals surface area contributed by atoms with Crippen molar-refractivity contribution in [2.24, 2.45) is 5.92 Å². The number of pyridine rings is 1. The predicted octanol–water partition coefficient (Wildman–Crippen LogP) is 2.20. The van der Waals surface area contributed by atoms with Gasteiger partial charge in [0.2, 0.25) is 5.91 Å². The van der Waals surface area contributed by atoms with E-state index < -0.39 is 37.7 Å². The minimum Gasteiger partial charge on any atom is -0.449 e. The second-order valence-corrected chi connectivity index (χ2v) is 12.2. The summed E-state index contributed by atoms with van der Waals surface area (Å²) in [5, 5.41) is 12.1. The number of piperazine rings is 1. The van der Waals surface area contributed by atoms with Gasteiger partial charge in [0.05, 0.1) is 18.5 Å². The van der Waals surface area contributed by atoms with Gasteiger partial charge in [-0.1, -0.05) is 43.7 Å². The second-order valence-electron chi connectivity index (χ2n) is 10.5. The molecule has 222 valence electrons. The van der Waals surface area contributed by atoms with Gasteiger partial charge in [0.15, 0.2) is 0 Å². The largest absolute Gasteiger partial charge is 0.449 e. The standard InChI is InChI=1S/C28H37N4O8P/c1-2-3-13-40-28(36)32-11-9-31(10-12-32)27(35)25(18-41(37,38)39)30-26(34)24-16-20(22-14-21(22)17-33)15-23(29-24)19-7-5-4-6-8-19/h4-8,15-16,21-22,25,33H,2-3,9-14,17-18H2,1H3,(H,30,34)(H2,37,38,39)/t21-,22-,25?/m1/s1. The van der Waals surface area contributed by atoms with Gasteiger partial charge in [0.25, 0.3) is 5.91 Å². The number of carbonyl (C=O) groups is 3. The van der Waals surface area contributed by atoms with Gasteiger partial charge in [-0.25, -0.2) is 9.78 Å². The van der Waals surface area contributed by atoms with Crippen molar-refractivity contribution >= 4 is 25.5 Å². The summed E-state index contributed by atoms with van der Waals surface area (Å²) in [5.74, 6) is -1.24. The van der Waals surface area contributed by atoms with Crippen molar-refractivity contribution in [2.45, 2.75) is 38.1 Å². The highest BCUT2D eigenvalue weighted by Gasteiger charge is 2.39. The molecule has 0 bridgehead atoms. The summed E-state index contributed by atoms with van der Waals surface area (Å²) >= 11 is 0. The van der Waals surface area contributed by atoms with Crippen LogP contribution in [0.4, 0.5) is 4.79 Å². The maximum absolute atomic E-state index is 13.4. The Morgan fingerprint density at radius 1 is 1.10 bits per heavy atom. The number of hydrogen-bond acceptors (Lipinski definition) is 7. The van der Waals surface area contributed by atoms with Gasteiger partial charge in [-0.15, -0.1) is 0 Å². The number of nitrogens with one attached hydrogen (secondary N) is 1. The van der Waals surface area contributed by atoms with Gasteiger partial charge in [-0.3, -0.25) is 14.2 Å². The maximum atomic E-state index is 13.4. The van der Waals surface area contributed by atoms with Crippen LogP contribution < -0.4 is 5.32 Å². The zero-order chi connectivity index (χ0) is 29.6. The first kappa shape index (κ1) is 30.6. The molecule has 4 rings (SSSR count). The zero-order valence-electron chi connectivity index (χ0n) is 23.0. The molecule has 0 spiro atoms. The van der Waals surface area contributed by atoms with Gasteiger partial charge in [-0.2, -0.15) is 0 Å². The molecule has 12 nitrogen and oxygen atoms in total. The molecule has 2 aliphatic rings. The molecular formula is C28H37N4O8P. The van der Waals surface area contributed by atoms with E-state index in [9.17, 15) is 33.8 Å². The van der Waals surface area contributed by atoms with Crippen LogP contribution in [0.25, 0.3) is 11.3 Å². The van der Waals surface area contributed by atoms with E-state index in [4.69, 9.17) is 4.74 Å². The van der Waals surface area contributed by atoms with E-state index in [1.807, 2.05) is 43.3 Å². The lowest BCUT2D eigenvalue weighted by Crippen LogP contribution is -2.56. The Hall–Kier alpha value is -3.31. The first-order chi connectivity index (χ1) is 19.6. The van der Waals surface area contributed by atoms with Gasteiger partial charge >= 0.3 is 13.7 Å². The Kier molecular flexibility index (Phi) is 10.1. The van der Waals surface area contributed by atoms with Crippen molar-refractivity contribution in [1.29, 1.82) is 0 Å². The Balaban J connectivity index is 1.50. The summed E-state index contributed by atoms with van der Waals surface area (Å²) in [4.78, 5) is 65.8. The molecule has 1 saturated heterocycles. The number of amides is 3. The Labute approximate surface area is 238 Å². The lowest BCUT2D eigenvalue weighted by atomic mass is 10.0. The maximum Gasteiger partial charge on any atom is 0.409 e. The van der Waals surface area contributed by atoms with Gasteiger partial charge < -0.3 is 34.7 Å². The number of rotatable bonds is 11. The summed E-state index contributed by atoms with van der Waals surface area (Å²) in [6.45, 7) is 2.98. The molecule has 1 saturated carbocycles. The molecule has 1 aromatic heterocycles. The molecule has 41 heavy (non-hydrogen) atoms. The van der Waals surface area contributed by atoms with Crippen LogP contribution in [0.15, 0.2) is 42.5 Å². The number of unbranched alkanes of at least 4 members (excludes halogenated alkanes) is 1. The predicted molar refractivity (Wildman–Crippen MR) is 150 cm³/mol. The second kappa shape index (κ2) is 13.6.